The SMILES string of the molecule is CC1NCCCC1NC(=O)c1ccccc1C(=O)c1ccc(F)cc1. The predicted octanol–water partition coefficient (Wildman–Crippen LogP) is 2.93. The molecule has 1 heterocycles. The number of nitrogens with one attached hydrogen (secondary N) is 2. The second kappa shape index (κ2) is 7.57. The molecule has 5 heteroatoms. The van der Waals surface area contributed by atoms with Gasteiger partial charge >= 0.3 is 0 Å². The summed E-state index contributed by atoms with van der Waals surface area (Å²) in [5.74, 6) is -0.950. The molecule has 1 aliphatic rings. The maximum absolute atomic E-state index is 13.1. The van der Waals surface area contributed by atoms with E-state index in [1.54, 1.807) is 24.3 Å². The third-order valence-electron chi connectivity index (χ3n) is 4.60. The van der Waals surface area contributed by atoms with E-state index in [0.717, 1.165) is 19.4 Å². The van der Waals surface area contributed by atoms with Crippen molar-refractivity contribution in [2.75, 3.05) is 6.54 Å². The Morgan fingerprint density at radius 3 is 2.44 bits per heavy atom. The Kier molecular flexibility index (Phi) is 5.24. The monoisotopic (exact) mass is 340 g/mol. The van der Waals surface area contributed by atoms with Crippen LogP contribution in [-0.4, -0.2) is 30.3 Å². The average Bonchev–Trinajstić information content (AvgIpc) is 2.63. The van der Waals surface area contributed by atoms with Crippen LogP contribution in [-0.2, 0) is 0 Å². The minimum Gasteiger partial charge on any atom is -0.348 e. The van der Waals surface area contributed by atoms with Gasteiger partial charge in [-0.1, -0.05) is 18.2 Å². The smallest absolute Gasteiger partial charge is 0.252 e. The molecule has 2 aromatic rings. The van der Waals surface area contributed by atoms with Gasteiger partial charge in [-0.15, -0.1) is 0 Å². The van der Waals surface area contributed by atoms with Crippen LogP contribution in [0.4, 0.5) is 4.39 Å². The van der Waals surface area contributed by atoms with E-state index in [0.29, 0.717) is 16.7 Å². The van der Waals surface area contributed by atoms with Crippen LogP contribution >= 0.6 is 0 Å². The van der Waals surface area contributed by atoms with Crippen LogP contribution in [0.15, 0.2) is 48.5 Å². The summed E-state index contributed by atoms with van der Waals surface area (Å²) >= 11 is 0. The molecule has 1 saturated heterocycles. The number of rotatable bonds is 4. The van der Waals surface area contributed by atoms with Crippen LogP contribution in [0.2, 0.25) is 0 Å². The number of hydrogen-bond donors (Lipinski definition) is 2. The van der Waals surface area contributed by atoms with Crippen molar-refractivity contribution in [1.29, 1.82) is 0 Å². The molecule has 0 radical (unpaired) electrons. The third-order valence-corrected chi connectivity index (χ3v) is 4.60. The molecule has 2 unspecified atom stereocenters. The van der Waals surface area contributed by atoms with E-state index >= 15 is 0 Å². The molecule has 4 nitrogen and oxygen atoms in total. The molecule has 2 atom stereocenters. The lowest BCUT2D eigenvalue weighted by Gasteiger charge is -2.30. The van der Waals surface area contributed by atoms with Gasteiger partial charge in [-0.3, -0.25) is 9.59 Å². The van der Waals surface area contributed by atoms with Crippen molar-refractivity contribution in [2.24, 2.45) is 0 Å². The van der Waals surface area contributed by atoms with E-state index < -0.39 is 5.82 Å². The number of piperidine rings is 1. The summed E-state index contributed by atoms with van der Waals surface area (Å²) in [5.41, 5.74) is 1.02. The highest BCUT2D eigenvalue weighted by Crippen LogP contribution is 2.17. The van der Waals surface area contributed by atoms with Crippen LogP contribution in [0, 0.1) is 5.82 Å². The normalized spacial score (nSPS) is 20.1. The Hall–Kier alpha value is -2.53. The van der Waals surface area contributed by atoms with E-state index in [-0.39, 0.29) is 23.8 Å². The van der Waals surface area contributed by atoms with E-state index in [9.17, 15) is 14.0 Å². The summed E-state index contributed by atoms with van der Waals surface area (Å²) in [6, 6.07) is 12.3. The minimum absolute atomic E-state index is 0.0372. The van der Waals surface area contributed by atoms with Gasteiger partial charge in [-0.2, -0.15) is 0 Å². The van der Waals surface area contributed by atoms with Gasteiger partial charge in [0.15, 0.2) is 5.78 Å². The van der Waals surface area contributed by atoms with E-state index in [4.69, 9.17) is 0 Å². The zero-order chi connectivity index (χ0) is 17.8. The molecule has 0 saturated carbocycles. The van der Waals surface area contributed by atoms with E-state index in [1.165, 1.54) is 24.3 Å². The Labute approximate surface area is 146 Å². The van der Waals surface area contributed by atoms with Gasteiger partial charge < -0.3 is 10.6 Å². The van der Waals surface area contributed by atoms with Crippen LogP contribution in [0.1, 0.15) is 46.0 Å². The Balaban J connectivity index is 1.83. The molecule has 1 amide bonds. The molecule has 25 heavy (non-hydrogen) atoms. The molecule has 0 aliphatic carbocycles. The summed E-state index contributed by atoms with van der Waals surface area (Å²) in [5, 5.41) is 6.37. The second-order valence-corrected chi connectivity index (χ2v) is 6.35. The van der Waals surface area contributed by atoms with Gasteiger partial charge in [0.05, 0.1) is 5.56 Å². The van der Waals surface area contributed by atoms with Crippen molar-refractivity contribution in [1.82, 2.24) is 10.6 Å². The number of ketones is 1. The first kappa shape index (κ1) is 17.3. The highest BCUT2D eigenvalue weighted by atomic mass is 19.1. The fourth-order valence-corrected chi connectivity index (χ4v) is 3.12. The first-order valence-electron chi connectivity index (χ1n) is 8.50. The largest absolute Gasteiger partial charge is 0.348 e. The van der Waals surface area contributed by atoms with Crippen molar-refractivity contribution in [3.63, 3.8) is 0 Å². The molecule has 130 valence electrons. The van der Waals surface area contributed by atoms with E-state index in [2.05, 4.69) is 10.6 Å². The topological polar surface area (TPSA) is 58.2 Å². The minimum atomic E-state index is -0.402. The number of hydrogen-bond acceptors (Lipinski definition) is 3. The molecule has 1 aliphatic heterocycles. The van der Waals surface area contributed by atoms with Crippen molar-refractivity contribution in [3.05, 3.63) is 71.0 Å². The Morgan fingerprint density at radius 2 is 1.76 bits per heavy atom. The van der Waals surface area contributed by atoms with Gasteiger partial charge in [0, 0.05) is 23.2 Å². The van der Waals surface area contributed by atoms with Gasteiger partial charge in [0.25, 0.3) is 5.91 Å². The molecule has 0 aromatic heterocycles. The molecule has 3 rings (SSSR count). The first-order chi connectivity index (χ1) is 12.1. The number of amides is 1. The molecular formula is C20H21FN2O2. The summed E-state index contributed by atoms with van der Waals surface area (Å²) in [7, 11) is 0. The van der Waals surface area contributed by atoms with Crippen LogP contribution in [0.25, 0.3) is 0 Å². The van der Waals surface area contributed by atoms with Crippen LogP contribution in [0.3, 0.4) is 0 Å². The van der Waals surface area contributed by atoms with Crippen molar-refractivity contribution < 1.29 is 14.0 Å². The summed E-state index contributed by atoms with van der Waals surface area (Å²) < 4.78 is 13.1. The van der Waals surface area contributed by atoms with Crippen molar-refractivity contribution in [2.45, 2.75) is 31.8 Å². The fourth-order valence-electron chi connectivity index (χ4n) is 3.12. The zero-order valence-electron chi connectivity index (χ0n) is 14.1. The lowest BCUT2D eigenvalue weighted by Crippen LogP contribution is -2.52. The fraction of sp³-hybridized carbons (Fsp3) is 0.300. The van der Waals surface area contributed by atoms with E-state index in [1.807, 2.05) is 6.92 Å². The summed E-state index contributed by atoms with van der Waals surface area (Å²) in [6.45, 7) is 2.99. The lowest BCUT2D eigenvalue weighted by molar-refractivity contribution is 0.0911. The molecule has 0 spiro atoms. The molecule has 2 aromatic carbocycles. The van der Waals surface area contributed by atoms with Gasteiger partial charge in [-0.25, -0.2) is 4.39 Å². The number of carbonyl (C=O) groups excluding carboxylic acids is 2. The average molecular weight is 340 g/mol. The molecule has 1 fully saturated rings. The highest BCUT2D eigenvalue weighted by Gasteiger charge is 2.25. The van der Waals surface area contributed by atoms with Crippen LogP contribution in [0.5, 0.6) is 0 Å². The van der Waals surface area contributed by atoms with Crippen molar-refractivity contribution >= 4 is 11.7 Å². The zero-order valence-corrected chi connectivity index (χ0v) is 14.1. The summed E-state index contributed by atoms with van der Waals surface area (Å²) in [6.07, 6.45) is 1.92. The molecule has 0 bridgehead atoms. The Bertz CT molecular complexity index is 774. The first-order valence-corrected chi connectivity index (χ1v) is 8.50. The maximum Gasteiger partial charge on any atom is 0.252 e. The quantitative estimate of drug-likeness (QED) is 0.842. The second-order valence-electron chi connectivity index (χ2n) is 6.35. The predicted molar refractivity (Wildman–Crippen MR) is 94.2 cm³/mol. The number of carbonyl (C=O) groups is 2. The van der Waals surface area contributed by atoms with Gasteiger partial charge in [0.2, 0.25) is 0 Å². The lowest BCUT2D eigenvalue weighted by atomic mass is 9.96. The van der Waals surface area contributed by atoms with Gasteiger partial charge in [-0.05, 0) is 56.6 Å². The highest BCUT2D eigenvalue weighted by molar-refractivity contribution is 6.15. The number of halogens is 1. The molecular weight excluding hydrogens is 319 g/mol. The van der Waals surface area contributed by atoms with Gasteiger partial charge in [0.1, 0.15) is 5.82 Å². The maximum atomic E-state index is 13.1. The standard InChI is InChI=1S/C20H21FN2O2/c1-13-18(7-4-12-22-13)23-20(25)17-6-3-2-5-16(17)19(24)14-8-10-15(21)11-9-14/h2-3,5-6,8-11,13,18,22H,4,7,12H2,1H3,(H,23,25). The summed E-state index contributed by atoms with van der Waals surface area (Å²) in [4.78, 5) is 25.4. The van der Waals surface area contributed by atoms with Crippen LogP contribution < -0.4 is 10.6 Å². The number of benzene rings is 2. The Morgan fingerprint density at radius 1 is 1.08 bits per heavy atom. The third kappa shape index (κ3) is 3.94. The van der Waals surface area contributed by atoms with Crippen molar-refractivity contribution in [3.8, 4) is 0 Å². The molecule has 2 N–H and O–H groups in total.